The maximum Gasteiger partial charge on any atom is 0.306 e. The van der Waals surface area contributed by atoms with Crippen LogP contribution >= 0.6 is 0 Å². The number of carbonyl (C=O) groups excluding carboxylic acids is 7. The van der Waals surface area contributed by atoms with Crippen molar-refractivity contribution in [2.24, 2.45) is 59.2 Å². The summed E-state index contributed by atoms with van der Waals surface area (Å²) >= 11 is 0. The van der Waals surface area contributed by atoms with E-state index in [1.54, 1.807) is 0 Å². The number of ether oxygens (including phenoxy) is 5. The Morgan fingerprint density at radius 2 is 0.708 bits per heavy atom. The van der Waals surface area contributed by atoms with Gasteiger partial charge in [0.05, 0.1) is 45.2 Å². The number of esters is 5. The van der Waals surface area contributed by atoms with Gasteiger partial charge in [-0.2, -0.15) is 0 Å². The van der Waals surface area contributed by atoms with E-state index in [4.69, 9.17) is 23.7 Å². The minimum absolute atomic E-state index is 0.0866. The predicted molar refractivity (Wildman–Crippen MR) is 354 cm³/mol. The highest BCUT2D eigenvalue weighted by atomic mass is 16.5. The molecule has 0 amide bonds. The smallest absolute Gasteiger partial charge is 0.306 e. The molecule has 5 rings (SSSR count). The number of Topliss-reactive ketones (excluding diaryl/α,β-unsaturated/α-hetero) is 2. The third kappa shape index (κ3) is 36.4. The van der Waals surface area contributed by atoms with Crippen LogP contribution in [0.15, 0.2) is 11.6 Å². The number of hydrogen-bond acceptors (Lipinski definition) is 15. The maximum absolute atomic E-state index is 11.9. The summed E-state index contributed by atoms with van der Waals surface area (Å²) in [7, 11) is 1.43. The number of carbonyl (C=O) groups is 7. The summed E-state index contributed by atoms with van der Waals surface area (Å²) in [5.74, 6) is 2.68. The van der Waals surface area contributed by atoms with Crippen molar-refractivity contribution in [1.29, 1.82) is 0 Å². The molecule has 15 nitrogen and oxygen atoms in total. The number of allylic oxidation sites excluding steroid dienone is 1. The monoisotopic (exact) mass is 1260 g/mol. The summed E-state index contributed by atoms with van der Waals surface area (Å²) < 4.78 is 25.1. The van der Waals surface area contributed by atoms with Gasteiger partial charge in [0.25, 0.3) is 0 Å². The average Bonchev–Trinajstić information content (AvgIpc) is 4.03. The van der Waals surface area contributed by atoms with Crippen LogP contribution in [0.4, 0.5) is 0 Å². The lowest BCUT2D eigenvalue weighted by Gasteiger charge is -2.21. The Morgan fingerprint density at radius 1 is 0.393 bits per heavy atom. The number of hydrogen-bond donors (Lipinski definition) is 3. The molecular weight excluding hydrogens is 1130 g/mol. The molecule has 15 heteroatoms. The standard InChI is InChI=1S/C17H28O3.C15H28O3.C15H26O3.C14H26O3.C13H24O3/c1-4-5-6-7-15-14(8-9-16(15)18)12-17(19)20-11-10-13(2)3;2*1-3-5-6-7-13-12(8-9-14(13)16)11-15(17)18-10-4-2;1-3-5-6-7-12-11(8-9-13(12)15)10-14(16)17-4-2;1-3-4-5-6-11-10(7-8-12(11)14)9-13(15)16-2/h10,14-15H,4-9,11-12H2,1-3H3;12-14,16H,3-11H2,1-2H3;12-13H,3-11H2,1-2H3;11-13,15H,3-10H2,1-2H3;10-12,14H,3-9H2,1-2H3. The fourth-order valence-corrected chi connectivity index (χ4v) is 14.1. The highest BCUT2D eigenvalue weighted by Crippen LogP contribution is 2.41. The van der Waals surface area contributed by atoms with E-state index < -0.39 is 0 Å². The molecule has 5 aliphatic carbocycles. The van der Waals surface area contributed by atoms with Gasteiger partial charge in [0.2, 0.25) is 0 Å². The van der Waals surface area contributed by atoms with Crippen molar-refractivity contribution in [1.82, 2.24) is 0 Å². The topological polar surface area (TPSA) is 226 Å². The fourth-order valence-electron chi connectivity index (χ4n) is 14.1. The SMILES string of the molecule is CCCCCC1C(=O)CCC1CC(=O)OCC=C(C)C.CCCCCC1C(=O)CCC1CC(=O)OCCC.CCCCCC1C(O)CCC1CC(=O)OC.CCCCCC1C(O)CCC1CC(=O)OCC.CCCCCC1C(O)CCC1CC(=O)OCCC. The van der Waals surface area contributed by atoms with Crippen LogP contribution in [-0.2, 0) is 57.2 Å². The second kappa shape index (κ2) is 51.8. The zero-order valence-electron chi connectivity index (χ0n) is 58.3. The molecule has 89 heavy (non-hydrogen) atoms. The Bertz CT molecular complexity index is 1930. The van der Waals surface area contributed by atoms with Crippen molar-refractivity contribution in [2.75, 3.05) is 33.5 Å². The van der Waals surface area contributed by atoms with Crippen LogP contribution in [0.2, 0.25) is 0 Å². The van der Waals surface area contributed by atoms with Crippen LogP contribution in [0.1, 0.15) is 307 Å². The van der Waals surface area contributed by atoms with Gasteiger partial charge in [-0.05, 0) is 171 Å². The third-order valence-electron chi connectivity index (χ3n) is 19.3. The lowest BCUT2D eigenvalue weighted by Crippen LogP contribution is -2.22. The molecule has 0 aromatic carbocycles. The van der Waals surface area contributed by atoms with Crippen molar-refractivity contribution in [3.8, 4) is 0 Å². The van der Waals surface area contributed by atoms with Crippen LogP contribution in [0.5, 0.6) is 0 Å². The number of unbranched alkanes of at least 4 members (excludes halogenated alkanes) is 10. The minimum atomic E-state index is -0.203. The van der Waals surface area contributed by atoms with Gasteiger partial charge in [-0.25, -0.2) is 0 Å². The van der Waals surface area contributed by atoms with Crippen LogP contribution in [-0.4, -0.2) is 109 Å². The second-order valence-corrected chi connectivity index (χ2v) is 26.7. The summed E-state index contributed by atoms with van der Waals surface area (Å²) in [6.07, 6.45) is 36.5. The molecule has 5 saturated carbocycles. The van der Waals surface area contributed by atoms with Crippen molar-refractivity contribution < 1.29 is 72.6 Å². The Morgan fingerprint density at radius 3 is 1.02 bits per heavy atom. The molecule has 5 fully saturated rings. The Balaban J connectivity index is 0.000000557. The maximum atomic E-state index is 11.9. The molecule has 13 unspecified atom stereocenters. The first-order valence-corrected chi connectivity index (χ1v) is 36.2. The Kier molecular flexibility index (Phi) is 48.5. The van der Waals surface area contributed by atoms with Gasteiger partial charge in [-0.1, -0.05) is 150 Å². The molecule has 0 aromatic rings. The van der Waals surface area contributed by atoms with E-state index in [1.807, 2.05) is 40.7 Å². The van der Waals surface area contributed by atoms with Crippen molar-refractivity contribution in [3.05, 3.63) is 11.6 Å². The molecular formula is C74H132O15. The van der Waals surface area contributed by atoms with Gasteiger partial charge in [-0.15, -0.1) is 0 Å². The quantitative estimate of drug-likeness (QED) is 0.0227. The van der Waals surface area contributed by atoms with Crippen molar-refractivity contribution in [2.45, 2.75) is 325 Å². The number of aliphatic hydroxyl groups excluding tert-OH is 3. The van der Waals surface area contributed by atoms with Gasteiger partial charge in [0.15, 0.2) is 0 Å². The van der Waals surface area contributed by atoms with Gasteiger partial charge in [-0.3, -0.25) is 33.6 Å². The normalized spacial score (nSPS) is 25.8. The lowest BCUT2D eigenvalue weighted by atomic mass is 9.87. The highest BCUT2D eigenvalue weighted by Gasteiger charge is 2.40. The highest BCUT2D eigenvalue weighted by molar-refractivity contribution is 5.85. The van der Waals surface area contributed by atoms with Gasteiger partial charge in [0.1, 0.15) is 18.2 Å². The van der Waals surface area contributed by atoms with E-state index in [2.05, 4.69) is 34.6 Å². The molecule has 3 N–H and O–H groups in total. The van der Waals surface area contributed by atoms with E-state index in [9.17, 15) is 48.9 Å². The third-order valence-corrected chi connectivity index (χ3v) is 19.3. The largest absolute Gasteiger partial charge is 0.469 e. The van der Waals surface area contributed by atoms with Crippen molar-refractivity contribution in [3.63, 3.8) is 0 Å². The summed E-state index contributed by atoms with van der Waals surface area (Å²) in [5, 5.41) is 29.8. The van der Waals surface area contributed by atoms with E-state index in [0.717, 1.165) is 134 Å². The van der Waals surface area contributed by atoms with Gasteiger partial charge >= 0.3 is 29.8 Å². The Labute approximate surface area is 541 Å². The van der Waals surface area contributed by atoms with E-state index in [-0.39, 0.29) is 71.8 Å². The van der Waals surface area contributed by atoms with E-state index >= 15 is 0 Å². The van der Waals surface area contributed by atoms with Crippen LogP contribution in [0.25, 0.3) is 0 Å². The molecule has 0 saturated heterocycles. The molecule has 5 aliphatic rings. The Hall–Kier alpha value is -3.69. The fraction of sp³-hybridized carbons (Fsp3) is 0.878. The first kappa shape index (κ1) is 83.3. The number of rotatable bonds is 37. The van der Waals surface area contributed by atoms with E-state index in [1.165, 1.54) is 71.3 Å². The first-order valence-electron chi connectivity index (χ1n) is 36.2. The molecule has 0 aromatic heterocycles. The van der Waals surface area contributed by atoms with Crippen molar-refractivity contribution >= 4 is 41.4 Å². The summed E-state index contributed by atoms with van der Waals surface area (Å²) in [6.45, 7) is 22.5. The van der Waals surface area contributed by atoms with E-state index in [0.29, 0.717) is 118 Å². The van der Waals surface area contributed by atoms with Crippen LogP contribution in [0, 0.1) is 59.2 Å². The zero-order valence-corrected chi connectivity index (χ0v) is 58.3. The molecule has 13 atom stereocenters. The lowest BCUT2D eigenvalue weighted by molar-refractivity contribution is -0.146. The summed E-state index contributed by atoms with van der Waals surface area (Å²) in [5.41, 5.74) is 1.14. The zero-order chi connectivity index (χ0) is 66.4. The van der Waals surface area contributed by atoms with Crippen LogP contribution in [0.3, 0.4) is 0 Å². The number of aliphatic hydroxyl groups is 3. The number of ketones is 2. The molecule has 0 bridgehead atoms. The average molecular weight is 1260 g/mol. The molecule has 0 spiro atoms. The second-order valence-electron chi connectivity index (χ2n) is 26.7. The van der Waals surface area contributed by atoms with Gasteiger partial charge < -0.3 is 39.0 Å². The van der Waals surface area contributed by atoms with Gasteiger partial charge in [0, 0.05) is 56.8 Å². The number of methoxy groups -OCH3 is 1. The van der Waals surface area contributed by atoms with Crippen LogP contribution < -0.4 is 0 Å². The molecule has 518 valence electrons. The summed E-state index contributed by atoms with van der Waals surface area (Å²) in [4.78, 5) is 81.5. The molecule has 0 heterocycles. The predicted octanol–water partition coefficient (Wildman–Crippen LogP) is 16.3. The molecule has 0 aliphatic heterocycles. The first-order chi connectivity index (χ1) is 42.8. The minimum Gasteiger partial charge on any atom is -0.469 e. The summed E-state index contributed by atoms with van der Waals surface area (Å²) in [6, 6.07) is 0. The molecule has 0 radical (unpaired) electrons.